The molecule has 2 saturated heterocycles. The minimum Gasteiger partial charge on any atom is -0.464 e. The molecule has 0 bridgehead atoms. The minimum atomic E-state index is -0.630. The average Bonchev–Trinajstić information content (AvgIpc) is 3.41. The SMILES string of the molecule is N#C[C@@H]1CCCN1C(O)CN1CC[C@H](NC(=O)c2ccc3occc3c2)C1. The van der Waals surface area contributed by atoms with Crippen LogP contribution >= 0.6 is 0 Å². The summed E-state index contributed by atoms with van der Waals surface area (Å²) in [6.45, 7) is 2.81. The van der Waals surface area contributed by atoms with Gasteiger partial charge in [-0.15, -0.1) is 0 Å². The predicted octanol–water partition coefficient (Wildman–Crippen LogP) is 1.54. The molecule has 1 amide bonds. The summed E-state index contributed by atoms with van der Waals surface area (Å²) in [5.41, 5.74) is 1.39. The van der Waals surface area contributed by atoms with E-state index < -0.39 is 6.23 Å². The number of hydrogen-bond acceptors (Lipinski definition) is 6. The highest BCUT2D eigenvalue weighted by atomic mass is 16.3. The topological polar surface area (TPSA) is 92.7 Å². The minimum absolute atomic E-state index is 0.0649. The molecular weight excluding hydrogens is 344 g/mol. The Bertz CT molecular complexity index is 858. The number of nitrogens with zero attached hydrogens (tertiary/aromatic N) is 3. The van der Waals surface area contributed by atoms with E-state index in [1.54, 1.807) is 12.3 Å². The van der Waals surface area contributed by atoms with Crippen LogP contribution in [0.5, 0.6) is 0 Å². The van der Waals surface area contributed by atoms with Crippen LogP contribution in [0, 0.1) is 11.3 Å². The van der Waals surface area contributed by atoms with Crippen LogP contribution in [0.1, 0.15) is 29.6 Å². The molecule has 0 spiro atoms. The van der Waals surface area contributed by atoms with Crippen LogP contribution in [0.2, 0.25) is 0 Å². The summed E-state index contributed by atoms with van der Waals surface area (Å²) in [6, 6.07) is 9.41. The van der Waals surface area contributed by atoms with Gasteiger partial charge in [-0.3, -0.25) is 14.6 Å². The molecule has 1 aromatic carbocycles. The Hall–Kier alpha value is -2.40. The van der Waals surface area contributed by atoms with E-state index >= 15 is 0 Å². The maximum atomic E-state index is 12.5. The monoisotopic (exact) mass is 368 g/mol. The van der Waals surface area contributed by atoms with Gasteiger partial charge in [0.1, 0.15) is 11.8 Å². The highest BCUT2D eigenvalue weighted by Gasteiger charge is 2.32. The van der Waals surface area contributed by atoms with Crippen molar-refractivity contribution in [2.24, 2.45) is 0 Å². The molecule has 2 aromatic rings. The lowest BCUT2D eigenvalue weighted by Crippen LogP contribution is -2.46. The van der Waals surface area contributed by atoms with Crippen LogP contribution in [-0.4, -0.2) is 65.3 Å². The lowest BCUT2D eigenvalue weighted by atomic mass is 10.1. The van der Waals surface area contributed by atoms with Gasteiger partial charge in [-0.1, -0.05) is 0 Å². The maximum absolute atomic E-state index is 12.5. The number of benzene rings is 1. The number of rotatable bonds is 5. The summed E-state index contributed by atoms with van der Waals surface area (Å²) in [5, 5.41) is 23.7. The zero-order chi connectivity index (χ0) is 18.8. The molecule has 7 heteroatoms. The zero-order valence-corrected chi connectivity index (χ0v) is 15.2. The fourth-order valence-electron chi connectivity index (χ4n) is 4.11. The average molecular weight is 368 g/mol. The normalized spacial score (nSPS) is 24.9. The van der Waals surface area contributed by atoms with Crippen LogP contribution in [0.3, 0.4) is 0 Å². The Morgan fingerprint density at radius 1 is 1.37 bits per heavy atom. The van der Waals surface area contributed by atoms with Gasteiger partial charge in [0.05, 0.1) is 18.4 Å². The molecule has 3 heterocycles. The Kier molecular flexibility index (Phi) is 5.12. The number of aliphatic hydroxyl groups excluding tert-OH is 1. The first-order valence-electron chi connectivity index (χ1n) is 9.48. The molecule has 2 fully saturated rings. The first kappa shape index (κ1) is 18.0. The lowest BCUT2D eigenvalue weighted by Gasteiger charge is -2.29. The standard InChI is InChI=1S/C20H24N4O3/c21-11-17-2-1-7-24(17)19(25)13-23-8-5-16(12-23)22-20(26)15-3-4-18-14(10-15)6-9-27-18/h3-4,6,9-10,16-17,19,25H,1-2,5,7-8,12-13H2,(H,22,26)/t16-,17-,19?/m0/s1. The van der Waals surface area contributed by atoms with E-state index in [0.717, 1.165) is 43.3 Å². The highest BCUT2D eigenvalue weighted by Crippen LogP contribution is 2.21. The van der Waals surface area contributed by atoms with Crippen molar-refractivity contribution in [3.8, 4) is 6.07 Å². The van der Waals surface area contributed by atoms with Gasteiger partial charge in [-0.05, 0) is 43.5 Å². The second kappa shape index (κ2) is 7.69. The van der Waals surface area contributed by atoms with Crippen LogP contribution in [0.15, 0.2) is 34.9 Å². The molecule has 0 saturated carbocycles. The number of nitrogens with one attached hydrogen (secondary N) is 1. The largest absolute Gasteiger partial charge is 0.464 e. The van der Waals surface area contributed by atoms with Gasteiger partial charge in [0.15, 0.2) is 0 Å². The molecule has 27 heavy (non-hydrogen) atoms. The van der Waals surface area contributed by atoms with Crippen LogP contribution in [-0.2, 0) is 0 Å². The van der Waals surface area contributed by atoms with Crippen molar-refractivity contribution in [1.82, 2.24) is 15.1 Å². The lowest BCUT2D eigenvalue weighted by molar-refractivity contribution is -0.0148. The smallest absolute Gasteiger partial charge is 0.251 e. The van der Waals surface area contributed by atoms with Crippen LogP contribution < -0.4 is 5.32 Å². The molecule has 2 aliphatic heterocycles. The van der Waals surface area contributed by atoms with E-state index in [0.29, 0.717) is 18.7 Å². The molecule has 1 unspecified atom stereocenters. The molecule has 7 nitrogen and oxygen atoms in total. The van der Waals surface area contributed by atoms with Crippen LogP contribution in [0.4, 0.5) is 0 Å². The molecule has 142 valence electrons. The van der Waals surface area contributed by atoms with Gasteiger partial charge < -0.3 is 14.8 Å². The van der Waals surface area contributed by atoms with Gasteiger partial charge in [0, 0.05) is 43.2 Å². The van der Waals surface area contributed by atoms with Crippen molar-refractivity contribution in [2.75, 3.05) is 26.2 Å². The Balaban J connectivity index is 1.30. The van der Waals surface area contributed by atoms with Crippen molar-refractivity contribution in [3.63, 3.8) is 0 Å². The first-order chi connectivity index (χ1) is 13.1. The molecule has 3 atom stereocenters. The van der Waals surface area contributed by atoms with Gasteiger partial charge in [-0.25, -0.2) is 0 Å². The summed E-state index contributed by atoms with van der Waals surface area (Å²) >= 11 is 0. The molecule has 1 aromatic heterocycles. The number of furan rings is 1. The quantitative estimate of drug-likeness (QED) is 0.832. The van der Waals surface area contributed by atoms with E-state index in [1.165, 1.54) is 0 Å². The molecule has 0 aliphatic carbocycles. The highest BCUT2D eigenvalue weighted by molar-refractivity contribution is 5.97. The van der Waals surface area contributed by atoms with E-state index in [4.69, 9.17) is 4.42 Å². The van der Waals surface area contributed by atoms with E-state index in [1.807, 2.05) is 23.1 Å². The summed E-state index contributed by atoms with van der Waals surface area (Å²) < 4.78 is 5.31. The van der Waals surface area contributed by atoms with E-state index in [9.17, 15) is 15.2 Å². The number of carbonyl (C=O) groups is 1. The van der Waals surface area contributed by atoms with E-state index in [-0.39, 0.29) is 18.0 Å². The molecule has 2 N–H and O–H groups in total. The summed E-state index contributed by atoms with van der Waals surface area (Å²) in [7, 11) is 0. The van der Waals surface area contributed by atoms with E-state index in [2.05, 4.69) is 16.3 Å². The number of aliphatic hydroxyl groups is 1. The van der Waals surface area contributed by atoms with Gasteiger partial charge in [0.25, 0.3) is 5.91 Å². The number of likely N-dealkylation sites (tertiary alicyclic amines) is 2. The third kappa shape index (κ3) is 3.83. The number of hydrogen-bond donors (Lipinski definition) is 2. The second-order valence-corrected chi connectivity index (χ2v) is 7.40. The predicted molar refractivity (Wildman–Crippen MR) is 99.9 cm³/mol. The van der Waals surface area contributed by atoms with Gasteiger partial charge in [-0.2, -0.15) is 5.26 Å². The van der Waals surface area contributed by atoms with Crippen molar-refractivity contribution in [2.45, 2.75) is 37.6 Å². The van der Waals surface area contributed by atoms with Crippen LogP contribution in [0.25, 0.3) is 11.0 Å². The molecule has 2 aliphatic rings. The molecule has 4 rings (SSSR count). The van der Waals surface area contributed by atoms with Gasteiger partial charge in [0.2, 0.25) is 0 Å². The third-order valence-corrected chi connectivity index (χ3v) is 5.57. The Labute approximate surface area is 158 Å². The molecule has 0 radical (unpaired) electrons. The number of carbonyl (C=O) groups excluding carboxylic acids is 1. The third-order valence-electron chi connectivity index (χ3n) is 5.57. The fourth-order valence-corrected chi connectivity index (χ4v) is 4.11. The van der Waals surface area contributed by atoms with Crippen molar-refractivity contribution >= 4 is 16.9 Å². The van der Waals surface area contributed by atoms with Crippen molar-refractivity contribution in [3.05, 3.63) is 36.1 Å². The zero-order valence-electron chi connectivity index (χ0n) is 15.2. The second-order valence-electron chi connectivity index (χ2n) is 7.40. The number of fused-ring (bicyclic) bond motifs is 1. The van der Waals surface area contributed by atoms with Gasteiger partial charge >= 0.3 is 0 Å². The summed E-state index contributed by atoms with van der Waals surface area (Å²) in [6.07, 6.45) is 3.62. The Morgan fingerprint density at radius 3 is 3.11 bits per heavy atom. The fraction of sp³-hybridized carbons (Fsp3) is 0.500. The van der Waals surface area contributed by atoms with Crippen molar-refractivity contribution < 1.29 is 14.3 Å². The Morgan fingerprint density at radius 2 is 2.26 bits per heavy atom. The first-order valence-corrected chi connectivity index (χ1v) is 9.48. The number of β-amino-alcohol motifs (C(OH)–C–C–N with tert-alkyl or cyclic N) is 1. The van der Waals surface area contributed by atoms with Crippen molar-refractivity contribution in [1.29, 1.82) is 5.26 Å². The number of amides is 1. The maximum Gasteiger partial charge on any atom is 0.251 e. The summed E-state index contributed by atoms with van der Waals surface area (Å²) in [5.74, 6) is -0.0883. The number of nitriles is 1. The molecular formula is C20H24N4O3. The summed E-state index contributed by atoms with van der Waals surface area (Å²) in [4.78, 5) is 16.6.